The van der Waals surface area contributed by atoms with E-state index in [0.717, 1.165) is 0 Å². The molecular formula is C10H14N. The van der Waals surface area contributed by atoms with Crippen molar-refractivity contribution in [2.75, 3.05) is 14.1 Å². The Kier molecular flexibility index (Phi) is 2.66. The summed E-state index contributed by atoms with van der Waals surface area (Å²) in [4.78, 5) is 2.19. The van der Waals surface area contributed by atoms with Gasteiger partial charge in [0.15, 0.2) is 0 Å². The molecular weight excluding hydrogens is 134 g/mol. The van der Waals surface area contributed by atoms with Crippen LogP contribution in [0.5, 0.6) is 0 Å². The van der Waals surface area contributed by atoms with Crippen molar-refractivity contribution in [3.63, 3.8) is 0 Å². The Morgan fingerprint density at radius 2 is 1.82 bits per heavy atom. The lowest BCUT2D eigenvalue weighted by atomic mass is 10.1. The zero-order valence-electron chi connectivity index (χ0n) is 7.33. The molecule has 0 bridgehead atoms. The summed E-state index contributed by atoms with van der Waals surface area (Å²) in [6.45, 7) is 2.19. The summed E-state index contributed by atoms with van der Waals surface area (Å²) in [5.41, 5.74) is 1.34. The van der Waals surface area contributed by atoms with E-state index >= 15 is 0 Å². The van der Waals surface area contributed by atoms with Crippen molar-refractivity contribution < 1.29 is 0 Å². The lowest BCUT2D eigenvalue weighted by Gasteiger charge is -2.19. The fourth-order valence-corrected chi connectivity index (χ4v) is 0.976. The first-order valence-electron chi connectivity index (χ1n) is 3.84. The average molecular weight is 148 g/mol. The highest BCUT2D eigenvalue weighted by molar-refractivity contribution is 5.17. The molecule has 0 aliphatic rings. The first-order valence-corrected chi connectivity index (χ1v) is 3.84. The van der Waals surface area contributed by atoms with E-state index in [2.05, 4.69) is 44.1 Å². The minimum Gasteiger partial charge on any atom is -0.303 e. The fourth-order valence-electron chi connectivity index (χ4n) is 0.976. The molecule has 0 heterocycles. The van der Waals surface area contributed by atoms with Crippen LogP contribution in [0.2, 0.25) is 0 Å². The molecule has 0 aliphatic carbocycles. The summed E-state index contributed by atoms with van der Waals surface area (Å²) >= 11 is 0. The second kappa shape index (κ2) is 3.54. The Morgan fingerprint density at radius 3 is 2.27 bits per heavy atom. The number of rotatable bonds is 2. The van der Waals surface area contributed by atoms with Gasteiger partial charge >= 0.3 is 0 Å². The minimum atomic E-state index is 0.490. The van der Waals surface area contributed by atoms with Gasteiger partial charge in [-0.25, -0.2) is 0 Å². The molecule has 0 saturated heterocycles. The summed E-state index contributed by atoms with van der Waals surface area (Å²) in [6, 6.07) is 11.6. The van der Waals surface area contributed by atoms with Crippen LogP contribution in [0, 0.1) is 6.07 Å². The number of nitrogens with zero attached hydrogens (tertiary/aromatic N) is 1. The van der Waals surface area contributed by atoms with E-state index in [0.29, 0.717) is 6.04 Å². The Morgan fingerprint density at radius 1 is 1.27 bits per heavy atom. The highest BCUT2D eigenvalue weighted by Crippen LogP contribution is 2.15. The van der Waals surface area contributed by atoms with Crippen LogP contribution in [-0.2, 0) is 0 Å². The molecule has 0 fully saturated rings. The van der Waals surface area contributed by atoms with Crippen molar-refractivity contribution in [1.29, 1.82) is 0 Å². The SMILES string of the molecule is C[C@@H](c1cc[c]cc1)N(C)C. The van der Waals surface area contributed by atoms with Crippen molar-refractivity contribution in [3.8, 4) is 0 Å². The van der Waals surface area contributed by atoms with Crippen LogP contribution in [0.15, 0.2) is 24.3 Å². The quantitative estimate of drug-likeness (QED) is 0.621. The van der Waals surface area contributed by atoms with Gasteiger partial charge < -0.3 is 4.90 Å². The molecule has 1 radical (unpaired) electrons. The van der Waals surface area contributed by atoms with Crippen LogP contribution in [0.4, 0.5) is 0 Å². The van der Waals surface area contributed by atoms with Crippen molar-refractivity contribution in [2.45, 2.75) is 13.0 Å². The highest BCUT2D eigenvalue weighted by atomic mass is 15.1. The maximum atomic E-state index is 3.01. The summed E-state index contributed by atoms with van der Waals surface area (Å²) in [6.07, 6.45) is 0. The first-order chi connectivity index (χ1) is 5.22. The van der Waals surface area contributed by atoms with Crippen LogP contribution in [0.25, 0.3) is 0 Å². The maximum absolute atomic E-state index is 3.01. The topological polar surface area (TPSA) is 3.24 Å². The van der Waals surface area contributed by atoms with Crippen molar-refractivity contribution in [1.82, 2.24) is 4.90 Å². The van der Waals surface area contributed by atoms with E-state index in [1.54, 1.807) is 0 Å². The van der Waals surface area contributed by atoms with Crippen LogP contribution >= 0.6 is 0 Å². The van der Waals surface area contributed by atoms with E-state index in [4.69, 9.17) is 0 Å². The molecule has 1 nitrogen and oxygen atoms in total. The highest BCUT2D eigenvalue weighted by Gasteiger charge is 2.04. The Bertz CT molecular complexity index is 203. The number of hydrogen-bond acceptors (Lipinski definition) is 1. The van der Waals surface area contributed by atoms with Crippen molar-refractivity contribution >= 4 is 0 Å². The Labute approximate surface area is 68.7 Å². The third-order valence-electron chi connectivity index (χ3n) is 2.00. The van der Waals surface area contributed by atoms with E-state index < -0.39 is 0 Å². The van der Waals surface area contributed by atoms with Gasteiger partial charge in [0.25, 0.3) is 0 Å². The van der Waals surface area contributed by atoms with Gasteiger partial charge in [0.1, 0.15) is 0 Å². The zero-order chi connectivity index (χ0) is 8.27. The summed E-state index contributed by atoms with van der Waals surface area (Å²) in [7, 11) is 4.17. The number of hydrogen-bond donors (Lipinski definition) is 0. The summed E-state index contributed by atoms with van der Waals surface area (Å²) < 4.78 is 0. The normalized spacial score (nSPS) is 13.5. The van der Waals surface area contributed by atoms with Gasteiger partial charge in [-0.1, -0.05) is 24.3 Å². The smallest absolute Gasteiger partial charge is 0.0313 e. The molecule has 0 amide bonds. The second-order valence-corrected chi connectivity index (χ2v) is 2.97. The Hall–Kier alpha value is -0.820. The lowest BCUT2D eigenvalue weighted by molar-refractivity contribution is 0.321. The molecule has 1 aromatic rings. The lowest BCUT2D eigenvalue weighted by Crippen LogP contribution is -2.16. The third-order valence-corrected chi connectivity index (χ3v) is 2.00. The largest absolute Gasteiger partial charge is 0.303 e. The third kappa shape index (κ3) is 2.05. The molecule has 0 spiro atoms. The molecule has 1 aromatic carbocycles. The molecule has 1 heteroatoms. The fraction of sp³-hybridized carbons (Fsp3) is 0.400. The van der Waals surface area contributed by atoms with E-state index in [1.165, 1.54) is 5.56 Å². The molecule has 0 unspecified atom stereocenters. The molecule has 0 aromatic heterocycles. The predicted molar refractivity (Wildman–Crippen MR) is 47.4 cm³/mol. The van der Waals surface area contributed by atoms with Crippen molar-refractivity contribution in [3.05, 3.63) is 35.9 Å². The average Bonchev–Trinajstić information content (AvgIpc) is 2.05. The summed E-state index contributed by atoms with van der Waals surface area (Å²) in [5.74, 6) is 0. The van der Waals surface area contributed by atoms with Crippen molar-refractivity contribution in [2.24, 2.45) is 0 Å². The van der Waals surface area contributed by atoms with Gasteiger partial charge in [-0.3, -0.25) is 0 Å². The molecule has 11 heavy (non-hydrogen) atoms. The van der Waals surface area contributed by atoms with Gasteiger partial charge in [-0.05, 0) is 32.6 Å². The molecule has 0 saturated carbocycles. The van der Waals surface area contributed by atoms with E-state index in [-0.39, 0.29) is 0 Å². The maximum Gasteiger partial charge on any atom is 0.0313 e. The second-order valence-electron chi connectivity index (χ2n) is 2.97. The van der Waals surface area contributed by atoms with Crippen LogP contribution in [0.1, 0.15) is 18.5 Å². The van der Waals surface area contributed by atoms with Crippen LogP contribution in [-0.4, -0.2) is 19.0 Å². The standard InChI is InChI=1S/C10H14N/c1-9(11(2)3)10-7-5-4-6-8-10/h5-9H,1-3H3/t9-/m0/s1. The Balaban J connectivity index is 2.77. The van der Waals surface area contributed by atoms with Gasteiger partial charge in [-0.15, -0.1) is 0 Å². The summed E-state index contributed by atoms with van der Waals surface area (Å²) in [5, 5.41) is 0. The monoisotopic (exact) mass is 148 g/mol. The van der Waals surface area contributed by atoms with Gasteiger partial charge in [0.2, 0.25) is 0 Å². The molecule has 0 N–H and O–H groups in total. The zero-order valence-corrected chi connectivity index (χ0v) is 7.33. The molecule has 59 valence electrons. The minimum absolute atomic E-state index is 0.490. The molecule has 1 rings (SSSR count). The van der Waals surface area contributed by atoms with E-state index in [9.17, 15) is 0 Å². The van der Waals surface area contributed by atoms with Gasteiger partial charge in [0, 0.05) is 6.04 Å². The van der Waals surface area contributed by atoms with Gasteiger partial charge in [0.05, 0.1) is 0 Å². The number of benzene rings is 1. The predicted octanol–water partition coefficient (Wildman–Crippen LogP) is 2.11. The van der Waals surface area contributed by atoms with Gasteiger partial charge in [-0.2, -0.15) is 0 Å². The van der Waals surface area contributed by atoms with E-state index in [1.807, 2.05) is 12.1 Å². The molecule has 0 aliphatic heterocycles. The van der Waals surface area contributed by atoms with Crippen LogP contribution in [0.3, 0.4) is 0 Å². The molecule has 1 atom stereocenters. The first kappa shape index (κ1) is 8.28. The van der Waals surface area contributed by atoms with Crippen LogP contribution < -0.4 is 0 Å².